The number of hydrogen-bond donors (Lipinski definition) is 2. The van der Waals surface area contributed by atoms with Crippen molar-refractivity contribution in [2.45, 2.75) is 64.8 Å². The number of aliphatic hydroxyl groups is 1. The SMILES string of the molecule is CCS(=O)(=O)C[C@H]1CN(c2ncc(C(C)C)c3cc(Nc4ncnc(N5CC[C@](C)(O)[C@H](F)C5)n4)ncc23)[C@@H]1C. The van der Waals surface area contributed by atoms with Gasteiger partial charge >= 0.3 is 0 Å². The first-order valence-electron chi connectivity index (χ1n) is 13.7. The van der Waals surface area contributed by atoms with Crippen LogP contribution in [-0.4, -0.2) is 87.4 Å². The van der Waals surface area contributed by atoms with E-state index >= 15 is 0 Å². The Morgan fingerprint density at radius 1 is 1.18 bits per heavy atom. The van der Waals surface area contributed by atoms with Crippen molar-refractivity contribution in [3.63, 3.8) is 0 Å². The number of piperidine rings is 1. The van der Waals surface area contributed by atoms with Crippen molar-refractivity contribution in [1.29, 1.82) is 0 Å². The van der Waals surface area contributed by atoms with Crippen molar-refractivity contribution in [2.75, 3.05) is 46.3 Å². The number of fused-ring (bicyclic) bond motifs is 1. The van der Waals surface area contributed by atoms with Crippen LogP contribution in [0.4, 0.5) is 27.9 Å². The van der Waals surface area contributed by atoms with Gasteiger partial charge in [-0.1, -0.05) is 20.8 Å². The van der Waals surface area contributed by atoms with Crippen LogP contribution in [0.3, 0.4) is 0 Å². The van der Waals surface area contributed by atoms with Crippen LogP contribution in [0, 0.1) is 5.92 Å². The average molecular weight is 573 g/mol. The highest BCUT2D eigenvalue weighted by molar-refractivity contribution is 7.91. The molecule has 5 heterocycles. The van der Waals surface area contributed by atoms with Crippen molar-refractivity contribution >= 4 is 44.1 Å². The predicted molar refractivity (Wildman–Crippen MR) is 154 cm³/mol. The number of alkyl halides is 1. The molecule has 40 heavy (non-hydrogen) atoms. The maximum atomic E-state index is 14.4. The average Bonchev–Trinajstić information content (AvgIpc) is 2.91. The van der Waals surface area contributed by atoms with Crippen LogP contribution < -0.4 is 15.1 Å². The molecule has 0 aromatic carbocycles. The zero-order valence-corrected chi connectivity index (χ0v) is 24.4. The molecule has 13 heteroatoms. The molecular formula is C27H37FN8O3S. The van der Waals surface area contributed by atoms with E-state index in [9.17, 15) is 17.9 Å². The molecule has 0 aliphatic carbocycles. The standard InChI is InChI=1S/C27H37FN8O3S/c1-6-40(38,39)14-18-12-36(17(18)4)24-21-11-29-23(9-19(21)20(10-30-24)16(2)3)33-25-31-15-32-26(34-25)35-8-7-27(5,37)22(28)13-35/h9-11,15-18,22,37H,6-8,12-14H2,1-5H3,(H,29,31,32,33,34)/t17-,18-,22-,27+/m1/s1. The first kappa shape index (κ1) is 28.3. The lowest BCUT2D eigenvalue weighted by molar-refractivity contribution is -0.0332. The van der Waals surface area contributed by atoms with Gasteiger partial charge in [0.05, 0.1) is 17.9 Å². The molecule has 0 amide bonds. The summed E-state index contributed by atoms with van der Waals surface area (Å²) >= 11 is 0. The molecule has 11 nitrogen and oxygen atoms in total. The van der Waals surface area contributed by atoms with Crippen LogP contribution >= 0.6 is 0 Å². The summed E-state index contributed by atoms with van der Waals surface area (Å²) in [6.07, 6.45) is 3.89. The van der Waals surface area contributed by atoms with Crippen molar-refractivity contribution in [2.24, 2.45) is 5.92 Å². The molecule has 0 unspecified atom stereocenters. The van der Waals surface area contributed by atoms with E-state index in [1.807, 2.05) is 19.2 Å². The highest BCUT2D eigenvalue weighted by Crippen LogP contribution is 2.38. The third-order valence-electron chi connectivity index (χ3n) is 8.21. The summed E-state index contributed by atoms with van der Waals surface area (Å²) in [6, 6.07) is 1.99. The Kier molecular flexibility index (Phi) is 7.55. The van der Waals surface area contributed by atoms with Crippen LogP contribution in [0.5, 0.6) is 0 Å². The molecule has 2 aliphatic rings. The Bertz CT molecular complexity index is 1500. The molecule has 0 spiro atoms. The Morgan fingerprint density at radius 3 is 2.62 bits per heavy atom. The molecule has 0 saturated carbocycles. The predicted octanol–water partition coefficient (Wildman–Crippen LogP) is 3.24. The monoisotopic (exact) mass is 572 g/mol. The minimum Gasteiger partial charge on any atom is -0.387 e. The fourth-order valence-electron chi connectivity index (χ4n) is 5.30. The largest absolute Gasteiger partial charge is 0.387 e. The first-order chi connectivity index (χ1) is 18.9. The Hall–Kier alpha value is -3.19. The molecular weight excluding hydrogens is 535 g/mol. The number of nitrogens with zero attached hydrogens (tertiary/aromatic N) is 7. The van der Waals surface area contributed by atoms with Crippen molar-refractivity contribution < 1.29 is 17.9 Å². The van der Waals surface area contributed by atoms with E-state index in [0.717, 1.165) is 22.2 Å². The van der Waals surface area contributed by atoms with E-state index in [1.54, 1.807) is 18.0 Å². The second kappa shape index (κ2) is 10.7. The molecule has 3 aromatic heterocycles. The van der Waals surface area contributed by atoms with E-state index < -0.39 is 21.6 Å². The van der Waals surface area contributed by atoms with E-state index in [1.165, 1.54) is 13.3 Å². The summed E-state index contributed by atoms with van der Waals surface area (Å²) < 4.78 is 38.8. The summed E-state index contributed by atoms with van der Waals surface area (Å²) in [6.45, 7) is 10.5. The Morgan fingerprint density at radius 2 is 1.95 bits per heavy atom. The van der Waals surface area contributed by atoms with Gasteiger partial charge in [0.2, 0.25) is 11.9 Å². The van der Waals surface area contributed by atoms with Crippen LogP contribution in [0.25, 0.3) is 10.8 Å². The maximum absolute atomic E-state index is 14.4. The summed E-state index contributed by atoms with van der Waals surface area (Å²) in [7, 11) is -3.05. The molecule has 216 valence electrons. The second-order valence-corrected chi connectivity index (χ2v) is 13.8. The van der Waals surface area contributed by atoms with E-state index in [2.05, 4.69) is 44.0 Å². The number of pyridine rings is 2. The molecule has 0 radical (unpaired) electrons. The lowest BCUT2D eigenvalue weighted by atomic mass is 9.90. The molecule has 0 bridgehead atoms. The van der Waals surface area contributed by atoms with Gasteiger partial charge in [0, 0.05) is 48.6 Å². The summed E-state index contributed by atoms with van der Waals surface area (Å²) in [5, 5.41) is 15.2. The zero-order valence-electron chi connectivity index (χ0n) is 23.5. The Balaban J connectivity index is 1.40. The molecule has 5 rings (SSSR count). The van der Waals surface area contributed by atoms with Gasteiger partial charge < -0.3 is 20.2 Å². The van der Waals surface area contributed by atoms with Gasteiger partial charge in [0.1, 0.15) is 34.0 Å². The number of anilines is 4. The zero-order chi connectivity index (χ0) is 28.8. The quantitative estimate of drug-likeness (QED) is 0.411. The highest BCUT2D eigenvalue weighted by atomic mass is 32.2. The lowest BCUT2D eigenvalue weighted by Crippen LogP contribution is -2.57. The molecule has 2 saturated heterocycles. The number of nitrogens with one attached hydrogen (secondary N) is 1. The van der Waals surface area contributed by atoms with Crippen molar-refractivity contribution in [3.05, 3.63) is 30.4 Å². The lowest BCUT2D eigenvalue weighted by Gasteiger charge is -2.47. The van der Waals surface area contributed by atoms with Gasteiger partial charge in [-0.3, -0.25) is 0 Å². The van der Waals surface area contributed by atoms with Gasteiger partial charge in [-0.15, -0.1) is 0 Å². The van der Waals surface area contributed by atoms with Crippen molar-refractivity contribution in [1.82, 2.24) is 24.9 Å². The van der Waals surface area contributed by atoms with Crippen LogP contribution in [-0.2, 0) is 9.84 Å². The van der Waals surface area contributed by atoms with E-state index in [-0.39, 0.29) is 48.3 Å². The minimum absolute atomic E-state index is 0.00163. The molecule has 3 aromatic rings. The molecule has 2 fully saturated rings. The number of halogens is 1. The number of aromatic nitrogens is 5. The molecule has 4 atom stereocenters. The topological polar surface area (TPSA) is 137 Å². The fourth-order valence-corrected chi connectivity index (χ4v) is 6.57. The van der Waals surface area contributed by atoms with Gasteiger partial charge in [0.25, 0.3) is 0 Å². The smallest absolute Gasteiger partial charge is 0.233 e. The van der Waals surface area contributed by atoms with Gasteiger partial charge in [-0.25, -0.2) is 32.7 Å². The van der Waals surface area contributed by atoms with E-state index in [0.29, 0.717) is 24.9 Å². The number of sulfone groups is 1. The highest BCUT2D eigenvalue weighted by Gasteiger charge is 2.40. The van der Waals surface area contributed by atoms with Crippen LogP contribution in [0.2, 0.25) is 0 Å². The summed E-state index contributed by atoms with van der Waals surface area (Å²) in [5.41, 5.74) is -0.295. The van der Waals surface area contributed by atoms with E-state index in [4.69, 9.17) is 4.98 Å². The molecule has 2 N–H and O–H groups in total. The second-order valence-electron chi connectivity index (χ2n) is 11.4. The maximum Gasteiger partial charge on any atom is 0.233 e. The normalized spacial score (nSPS) is 25.4. The van der Waals surface area contributed by atoms with Gasteiger partial charge in [-0.05, 0) is 43.2 Å². The summed E-state index contributed by atoms with van der Waals surface area (Å²) in [4.78, 5) is 26.1. The third-order valence-corrected chi connectivity index (χ3v) is 10.0. The minimum atomic E-state index is -3.05. The van der Waals surface area contributed by atoms with Gasteiger partial charge in [0.15, 0.2) is 0 Å². The van der Waals surface area contributed by atoms with Gasteiger partial charge in [-0.2, -0.15) is 4.98 Å². The van der Waals surface area contributed by atoms with Crippen LogP contribution in [0.1, 0.15) is 52.5 Å². The molecule has 2 aliphatic heterocycles. The van der Waals surface area contributed by atoms with Crippen molar-refractivity contribution in [3.8, 4) is 0 Å². The number of rotatable bonds is 8. The number of hydrogen-bond acceptors (Lipinski definition) is 11. The summed E-state index contributed by atoms with van der Waals surface area (Å²) in [5.74, 6) is 2.56. The third kappa shape index (κ3) is 5.53. The van der Waals surface area contributed by atoms with Crippen LogP contribution in [0.15, 0.2) is 24.8 Å². The fraction of sp³-hybridized carbons (Fsp3) is 0.593. The Labute approximate surface area is 234 Å². The first-order valence-corrected chi connectivity index (χ1v) is 15.5.